The third kappa shape index (κ3) is 10.6. The summed E-state index contributed by atoms with van der Waals surface area (Å²) in [6, 6.07) is 0. The predicted octanol–water partition coefficient (Wildman–Crippen LogP) is 3.95. The lowest BCUT2D eigenvalue weighted by molar-refractivity contribution is 0.282. The summed E-state index contributed by atoms with van der Waals surface area (Å²) in [4.78, 5) is 0. The van der Waals surface area contributed by atoms with Crippen molar-refractivity contribution in [1.82, 2.24) is 0 Å². The lowest BCUT2D eigenvalue weighted by Gasteiger charge is -2.04. The topological polar surface area (TPSA) is 20.2 Å². The highest BCUT2D eigenvalue weighted by molar-refractivity contribution is 6.28. The number of aliphatic hydroxyl groups excluding tert-OH is 1. The number of hydrogen-bond acceptors (Lipinski definition) is 1. The maximum atomic E-state index is 8.57. The van der Waals surface area contributed by atoms with Crippen LogP contribution in [-0.2, 0) is 0 Å². The average molecular weight is 241 g/mol. The molecule has 0 amide bonds. The van der Waals surface area contributed by atoms with Crippen molar-refractivity contribution in [1.29, 1.82) is 0 Å². The van der Waals surface area contributed by atoms with Crippen molar-refractivity contribution < 1.29 is 5.11 Å². The van der Waals surface area contributed by atoms with Crippen molar-refractivity contribution in [2.24, 2.45) is 0 Å². The molecule has 86 valence electrons. The molecule has 0 aliphatic rings. The van der Waals surface area contributed by atoms with Crippen LogP contribution in [0.2, 0.25) is 0 Å². The Morgan fingerprint density at radius 3 is 1.86 bits per heavy atom. The number of unbranched alkanes of at least 4 members (excludes halogenated alkanes) is 6. The second kappa shape index (κ2) is 11.6. The van der Waals surface area contributed by atoms with Gasteiger partial charge in [0.05, 0.1) is 0 Å². The first kappa shape index (κ1) is 14.5. The first-order chi connectivity index (χ1) is 6.81. The summed E-state index contributed by atoms with van der Waals surface area (Å²) in [5, 5.41) is 8.73. The van der Waals surface area contributed by atoms with Gasteiger partial charge < -0.3 is 5.11 Å². The molecule has 0 saturated carbocycles. The Bertz CT molecular complexity index is 109. The molecule has 0 spiro atoms. The molecule has 0 aliphatic carbocycles. The van der Waals surface area contributed by atoms with E-state index in [1.807, 2.05) is 0 Å². The average Bonchev–Trinajstić information content (AvgIpc) is 2.21. The van der Waals surface area contributed by atoms with Crippen molar-refractivity contribution in [2.45, 2.75) is 56.7 Å². The van der Waals surface area contributed by atoms with Crippen LogP contribution in [0.4, 0.5) is 0 Å². The second-order valence-electron chi connectivity index (χ2n) is 3.74. The van der Waals surface area contributed by atoms with Gasteiger partial charge in [-0.25, -0.2) is 0 Å². The van der Waals surface area contributed by atoms with Crippen LogP contribution in [0.1, 0.15) is 51.4 Å². The van der Waals surface area contributed by atoms with Crippen molar-refractivity contribution >= 4 is 23.2 Å². The summed E-state index contributed by atoms with van der Waals surface area (Å²) in [6.07, 6.45) is 9.44. The summed E-state index contributed by atoms with van der Waals surface area (Å²) in [5.74, 6) is 0.568. The minimum absolute atomic E-state index is 0.158. The molecule has 1 unspecified atom stereocenters. The zero-order valence-corrected chi connectivity index (χ0v) is 10.4. The largest absolute Gasteiger partial charge is 0.396 e. The lowest BCUT2D eigenvalue weighted by atomic mass is 10.1. The molecule has 14 heavy (non-hydrogen) atoms. The molecule has 0 bridgehead atoms. The van der Waals surface area contributed by atoms with E-state index in [0.717, 1.165) is 19.3 Å². The molecular formula is C11H22Cl2O. The predicted molar refractivity (Wildman–Crippen MR) is 64.4 cm³/mol. The number of alkyl halides is 2. The first-order valence-electron chi connectivity index (χ1n) is 5.62. The van der Waals surface area contributed by atoms with Crippen LogP contribution in [0, 0.1) is 0 Å². The van der Waals surface area contributed by atoms with Gasteiger partial charge in [-0.1, -0.05) is 38.5 Å². The summed E-state index contributed by atoms with van der Waals surface area (Å²) < 4.78 is 0. The molecule has 3 heteroatoms. The van der Waals surface area contributed by atoms with Gasteiger partial charge in [0.2, 0.25) is 0 Å². The molecular weight excluding hydrogens is 219 g/mol. The van der Waals surface area contributed by atoms with Gasteiger partial charge in [-0.05, 0) is 12.8 Å². The molecule has 0 aliphatic heterocycles. The molecule has 0 aromatic rings. The summed E-state index contributed by atoms with van der Waals surface area (Å²) >= 11 is 11.5. The molecule has 0 rings (SSSR count). The standard InChI is InChI=1S/C11H22Cl2O/c12-10-11(13)8-6-4-2-1-3-5-7-9-14/h11,14H,1-10H2. The van der Waals surface area contributed by atoms with E-state index in [4.69, 9.17) is 28.3 Å². The molecule has 0 aromatic carbocycles. The molecule has 1 N–H and O–H groups in total. The fourth-order valence-corrected chi connectivity index (χ4v) is 1.75. The van der Waals surface area contributed by atoms with Gasteiger partial charge in [-0.15, -0.1) is 23.2 Å². The number of hydrogen-bond donors (Lipinski definition) is 1. The van der Waals surface area contributed by atoms with Gasteiger partial charge in [0.15, 0.2) is 0 Å². The van der Waals surface area contributed by atoms with Crippen LogP contribution in [-0.4, -0.2) is 23.0 Å². The fourth-order valence-electron chi connectivity index (χ4n) is 1.44. The Morgan fingerprint density at radius 2 is 1.36 bits per heavy atom. The normalized spacial score (nSPS) is 13.1. The van der Waals surface area contributed by atoms with E-state index in [1.165, 1.54) is 32.1 Å². The Kier molecular flexibility index (Phi) is 12.1. The van der Waals surface area contributed by atoms with E-state index >= 15 is 0 Å². The Labute approximate surface area is 97.8 Å². The van der Waals surface area contributed by atoms with Crippen LogP contribution in [0.3, 0.4) is 0 Å². The minimum atomic E-state index is 0.158. The van der Waals surface area contributed by atoms with Crippen LogP contribution >= 0.6 is 23.2 Å². The maximum Gasteiger partial charge on any atom is 0.0471 e. The maximum absolute atomic E-state index is 8.57. The fraction of sp³-hybridized carbons (Fsp3) is 1.00. The van der Waals surface area contributed by atoms with Gasteiger partial charge in [0.1, 0.15) is 0 Å². The molecule has 1 atom stereocenters. The summed E-state index contributed by atoms with van der Waals surface area (Å²) in [5.41, 5.74) is 0. The van der Waals surface area contributed by atoms with Crippen molar-refractivity contribution in [3.63, 3.8) is 0 Å². The van der Waals surface area contributed by atoms with E-state index < -0.39 is 0 Å². The summed E-state index contributed by atoms with van der Waals surface area (Å²) in [7, 11) is 0. The van der Waals surface area contributed by atoms with Gasteiger partial charge >= 0.3 is 0 Å². The first-order valence-corrected chi connectivity index (χ1v) is 6.59. The third-order valence-electron chi connectivity index (χ3n) is 2.34. The molecule has 0 saturated heterocycles. The van der Waals surface area contributed by atoms with Gasteiger partial charge in [0.25, 0.3) is 0 Å². The van der Waals surface area contributed by atoms with Crippen LogP contribution in [0.5, 0.6) is 0 Å². The Hall–Kier alpha value is 0.540. The molecule has 0 aromatic heterocycles. The van der Waals surface area contributed by atoms with Gasteiger partial charge in [0, 0.05) is 17.9 Å². The van der Waals surface area contributed by atoms with Crippen LogP contribution in [0.15, 0.2) is 0 Å². The van der Waals surface area contributed by atoms with E-state index in [2.05, 4.69) is 0 Å². The minimum Gasteiger partial charge on any atom is -0.396 e. The Balaban J connectivity index is 2.92. The second-order valence-corrected chi connectivity index (χ2v) is 4.66. The van der Waals surface area contributed by atoms with E-state index in [1.54, 1.807) is 0 Å². The highest BCUT2D eigenvalue weighted by Crippen LogP contribution is 2.13. The molecule has 0 heterocycles. The van der Waals surface area contributed by atoms with E-state index in [9.17, 15) is 0 Å². The van der Waals surface area contributed by atoms with Crippen molar-refractivity contribution in [2.75, 3.05) is 12.5 Å². The Morgan fingerprint density at radius 1 is 0.857 bits per heavy atom. The SMILES string of the molecule is OCCCCCCCCCC(Cl)CCl. The van der Waals surface area contributed by atoms with Crippen LogP contribution in [0.25, 0.3) is 0 Å². The molecule has 1 nitrogen and oxygen atoms in total. The van der Waals surface area contributed by atoms with E-state index in [-0.39, 0.29) is 5.38 Å². The smallest absolute Gasteiger partial charge is 0.0471 e. The monoisotopic (exact) mass is 240 g/mol. The van der Waals surface area contributed by atoms with E-state index in [0.29, 0.717) is 12.5 Å². The van der Waals surface area contributed by atoms with Crippen LogP contribution < -0.4 is 0 Å². The van der Waals surface area contributed by atoms with Gasteiger partial charge in [-0.2, -0.15) is 0 Å². The zero-order chi connectivity index (χ0) is 10.6. The number of rotatable bonds is 10. The number of aliphatic hydroxyl groups is 1. The summed E-state index contributed by atoms with van der Waals surface area (Å²) in [6.45, 7) is 0.337. The highest BCUT2D eigenvalue weighted by Gasteiger charge is 2.00. The lowest BCUT2D eigenvalue weighted by Crippen LogP contribution is -1.99. The zero-order valence-electron chi connectivity index (χ0n) is 8.85. The third-order valence-corrected chi connectivity index (χ3v) is 3.25. The van der Waals surface area contributed by atoms with Crippen molar-refractivity contribution in [3.8, 4) is 0 Å². The quantitative estimate of drug-likeness (QED) is 0.453. The molecule has 0 radical (unpaired) electrons. The highest BCUT2D eigenvalue weighted by atomic mass is 35.5. The van der Waals surface area contributed by atoms with Crippen molar-refractivity contribution in [3.05, 3.63) is 0 Å². The molecule has 0 fully saturated rings. The van der Waals surface area contributed by atoms with Gasteiger partial charge in [-0.3, -0.25) is 0 Å². The number of halogens is 2.